The van der Waals surface area contributed by atoms with Crippen molar-refractivity contribution < 1.29 is 4.92 Å². The molecule has 2 N–H and O–H groups in total. The summed E-state index contributed by atoms with van der Waals surface area (Å²) in [7, 11) is 0. The molecule has 1 aromatic carbocycles. The lowest BCUT2D eigenvalue weighted by Gasteiger charge is -2.14. The highest BCUT2D eigenvalue weighted by atomic mass is 35.5. The molecule has 0 bridgehead atoms. The molecule has 0 saturated heterocycles. The summed E-state index contributed by atoms with van der Waals surface area (Å²) < 4.78 is 0. The minimum Gasteiger partial charge on any atom is -0.324 e. The van der Waals surface area contributed by atoms with Crippen molar-refractivity contribution in [1.29, 1.82) is 0 Å². The van der Waals surface area contributed by atoms with Crippen LogP contribution in [-0.4, -0.2) is 4.92 Å². The van der Waals surface area contributed by atoms with Crippen molar-refractivity contribution in [3.63, 3.8) is 0 Å². The van der Waals surface area contributed by atoms with Crippen LogP contribution >= 0.6 is 11.6 Å². The van der Waals surface area contributed by atoms with Crippen LogP contribution < -0.4 is 5.73 Å². The maximum absolute atomic E-state index is 10.7. The van der Waals surface area contributed by atoms with Gasteiger partial charge in [-0.05, 0) is 24.0 Å². The molecular formula is C11H15ClN2O2. The summed E-state index contributed by atoms with van der Waals surface area (Å²) in [5.41, 5.74) is 6.62. The van der Waals surface area contributed by atoms with E-state index in [1.54, 1.807) is 6.07 Å². The molecule has 0 unspecified atom stereocenters. The number of benzene rings is 1. The Morgan fingerprint density at radius 1 is 1.50 bits per heavy atom. The van der Waals surface area contributed by atoms with Crippen LogP contribution in [0.15, 0.2) is 18.2 Å². The number of rotatable bonds is 4. The van der Waals surface area contributed by atoms with Crippen LogP contribution in [0.3, 0.4) is 0 Å². The molecule has 0 aliphatic rings. The average Bonchev–Trinajstić information content (AvgIpc) is 2.16. The maximum Gasteiger partial charge on any atom is 0.288 e. The number of nitrogens with two attached hydrogens (primary N) is 1. The van der Waals surface area contributed by atoms with E-state index in [1.807, 2.05) is 0 Å². The third kappa shape index (κ3) is 3.18. The predicted molar refractivity (Wildman–Crippen MR) is 64.5 cm³/mol. The van der Waals surface area contributed by atoms with Crippen molar-refractivity contribution in [2.75, 3.05) is 0 Å². The highest BCUT2D eigenvalue weighted by Gasteiger charge is 2.16. The summed E-state index contributed by atoms with van der Waals surface area (Å²) in [6.45, 7) is 4.12. The second-order valence-corrected chi connectivity index (χ2v) is 4.61. The molecule has 0 aromatic heterocycles. The standard InChI is InChI=1S/C11H15ClN2O2/c1-7(2)5-10(13)8-3-4-9(12)11(6-8)14(15)16/h3-4,6-7,10H,5,13H2,1-2H3/t10-/m0/s1. The van der Waals surface area contributed by atoms with E-state index in [0.717, 1.165) is 12.0 Å². The molecule has 5 heteroatoms. The molecule has 1 rings (SSSR count). The van der Waals surface area contributed by atoms with Crippen LogP contribution in [0.25, 0.3) is 0 Å². The van der Waals surface area contributed by atoms with E-state index in [0.29, 0.717) is 5.92 Å². The second-order valence-electron chi connectivity index (χ2n) is 4.20. The van der Waals surface area contributed by atoms with Gasteiger partial charge < -0.3 is 5.73 Å². The van der Waals surface area contributed by atoms with Crippen molar-refractivity contribution in [1.82, 2.24) is 0 Å². The first kappa shape index (κ1) is 12.9. The molecule has 0 saturated carbocycles. The van der Waals surface area contributed by atoms with E-state index in [-0.39, 0.29) is 16.8 Å². The fourth-order valence-electron chi connectivity index (χ4n) is 1.54. The van der Waals surface area contributed by atoms with Gasteiger partial charge in [-0.2, -0.15) is 0 Å². The van der Waals surface area contributed by atoms with Crippen molar-refractivity contribution in [2.24, 2.45) is 11.7 Å². The Bertz CT molecular complexity index is 394. The first-order valence-corrected chi connectivity index (χ1v) is 5.49. The van der Waals surface area contributed by atoms with Crippen LogP contribution in [0.2, 0.25) is 5.02 Å². The van der Waals surface area contributed by atoms with Gasteiger partial charge in [-0.25, -0.2) is 0 Å². The van der Waals surface area contributed by atoms with E-state index < -0.39 is 4.92 Å². The first-order chi connectivity index (χ1) is 7.41. The van der Waals surface area contributed by atoms with Crippen LogP contribution in [0.1, 0.15) is 31.9 Å². The monoisotopic (exact) mass is 242 g/mol. The normalized spacial score (nSPS) is 12.8. The van der Waals surface area contributed by atoms with Crippen molar-refractivity contribution >= 4 is 17.3 Å². The van der Waals surface area contributed by atoms with E-state index in [2.05, 4.69) is 13.8 Å². The minimum absolute atomic E-state index is 0.0848. The molecule has 88 valence electrons. The summed E-state index contributed by atoms with van der Waals surface area (Å²) >= 11 is 5.72. The van der Waals surface area contributed by atoms with E-state index in [1.165, 1.54) is 12.1 Å². The Kier molecular flexibility index (Phi) is 4.26. The lowest BCUT2D eigenvalue weighted by atomic mass is 9.97. The molecule has 0 aliphatic heterocycles. The Labute approximate surface area is 99.6 Å². The minimum atomic E-state index is -0.492. The topological polar surface area (TPSA) is 69.2 Å². The Morgan fingerprint density at radius 3 is 2.62 bits per heavy atom. The quantitative estimate of drug-likeness (QED) is 0.651. The SMILES string of the molecule is CC(C)C[C@H](N)c1ccc(Cl)c([N+](=O)[O-])c1. The van der Waals surface area contributed by atoms with Crippen LogP contribution in [0.4, 0.5) is 5.69 Å². The molecule has 0 radical (unpaired) electrons. The van der Waals surface area contributed by atoms with Crippen LogP contribution in [-0.2, 0) is 0 Å². The van der Waals surface area contributed by atoms with Gasteiger partial charge in [0, 0.05) is 12.1 Å². The van der Waals surface area contributed by atoms with Crippen molar-refractivity contribution in [2.45, 2.75) is 26.3 Å². The third-order valence-corrected chi connectivity index (χ3v) is 2.64. The molecule has 4 nitrogen and oxygen atoms in total. The average molecular weight is 243 g/mol. The molecule has 0 aliphatic carbocycles. The Hall–Kier alpha value is -1.13. The summed E-state index contributed by atoms with van der Waals surface area (Å²) in [4.78, 5) is 10.2. The lowest BCUT2D eigenvalue weighted by molar-refractivity contribution is -0.384. The van der Waals surface area contributed by atoms with Crippen LogP contribution in [0, 0.1) is 16.0 Å². The second kappa shape index (κ2) is 5.27. The summed E-state index contributed by atoms with van der Waals surface area (Å²) in [6, 6.07) is 4.53. The number of nitrogens with zero attached hydrogens (tertiary/aromatic N) is 1. The van der Waals surface area contributed by atoms with Gasteiger partial charge in [-0.3, -0.25) is 10.1 Å². The zero-order valence-corrected chi connectivity index (χ0v) is 10.1. The fourth-order valence-corrected chi connectivity index (χ4v) is 1.73. The maximum atomic E-state index is 10.7. The van der Waals surface area contributed by atoms with Crippen molar-refractivity contribution in [3.8, 4) is 0 Å². The van der Waals surface area contributed by atoms with Crippen LogP contribution in [0.5, 0.6) is 0 Å². The lowest BCUT2D eigenvalue weighted by Crippen LogP contribution is -2.13. The van der Waals surface area contributed by atoms with Gasteiger partial charge in [0.1, 0.15) is 5.02 Å². The highest BCUT2D eigenvalue weighted by molar-refractivity contribution is 6.32. The zero-order valence-electron chi connectivity index (χ0n) is 9.31. The number of hydrogen-bond donors (Lipinski definition) is 1. The Balaban J connectivity index is 2.98. The molecule has 0 fully saturated rings. The smallest absolute Gasteiger partial charge is 0.288 e. The van der Waals surface area contributed by atoms with E-state index >= 15 is 0 Å². The first-order valence-electron chi connectivity index (χ1n) is 5.11. The number of nitro benzene ring substituents is 1. The molecule has 1 aromatic rings. The molecule has 16 heavy (non-hydrogen) atoms. The summed E-state index contributed by atoms with van der Waals surface area (Å²) in [5.74, 6) is 0.449. The highest BCUT2D eigenvalue weighted by Crippen LogP contribution is 2.28. The van der Waals surface area contributed by atoms with Gasteiger partial charge in [0.25, 0.3) is 5.69 Å². The summed E-state index contributed by atoms with van der Waals surface area (Å²) in [6.07, 6.45) is 0.790. The molecule has 0 amide bonds. The van der Waals surface area contributed by atoms with Gasteiger partial charge in [-0.1, -0.05) is 31.5 Å². The number of hydrogen-bond acceptors (Lipinski definition) is 3. The summed E-state index contributed by atoms with van der Waals surface area (Å²) in [5, 5.41) is 10.8. The van der Waals surface area contributed by atoms with Gasteiger partial charge in [0.2, 0.25) is 0 Å². The fraction of sp³-hybridized carbons (Fsp3) is 0.455. The van der Waals surface area contributed by atoms with Gasteiger partial charge in [0.15, 0.2) is 0 Å². The molecular weight excluding hydrogens is 228 g/mol. The molecule has 0 spiro atoms. The molecule has 0 heterocycles. The van der Waals surface area contributed by atoms with Gasteiger partial charge in [-0.15, -0.1) is 0 Å². The van der Waals surface area contributed by atoms with Crippen molar-refractivity contribution in [3.05, 3.63) is 38.9 Å². The van der Waals surface area contributed by atoms with Gasteiger partial charge >= 0.3 is 0 Å². The Morgan fingerprint density at radius 2 is 2.12 bits per heavy atom. The number of nitro groups is 1. The van der Waals surface area contributed by atoms with E-state index in [4.69, 9.17) is 17.3 Å². The largest absolute Gasteiger partial charge is 0.324 e. The zero-order chi connectivity index (χ0) is 12.3. The predicted octanol–water partition coefficient (Wildman–Crippen LogP) is 3.29. The van der Waals surface area contributed by atoms with Gasteiger partial charge in [0.05, 0.1) is 4.92 Å². The number of halogens is 1. The third-order valence-electron chi connectivity index (χ3n) is 2.32. The van der Waals surface area contributed by atoms with E-state index in [9.17, 15) is 10.1 Å². The molecule has 1 atom stereocenters.